The van der Waals surface area contributed by atoms with Crippen molar-refractivity contribution in [1.29, 1.82) is 0 Å². The molecule has 0 heterocycles. The van der Waals surface area contributed by atoms with Gasteiger partial charge in [0.15, 0.2) is 0 Å². The SMILES string of the molecule is CCCCCCCCCCCCCC[N+](CCCCCCCCC)(CCCCCCCCC)Cc1ccccc1.[Cl-]. The summed E-state index contributed by atoms with van der Waals surface area (Å²) in [5.41, 5.74) is 1.56. The summed E-state index contributed by atoms with van der Waals surface area (Å²) >= 11 is 0. The summed E-state index contributed by atoms with van der Waals surface area (Å²) in [6.45, 7) is 12.4. The fourth-order valence-corrected chi connectivity index (χ4v) is 6.64. The van der Waals surface area contributed by atoms with Crippen molar-refractivity contribution in [3.8, 4) is 0 Å². The monoisotopic (exact) mass is 592 g/mol. The quantitative estimate of drug-likeness (QED) is 0.0595. The molecular formula is C39H74ClN. The van der Waals surface area contributed by atoms with E-state index < -0.39 is 0 Å². The zero-order valence-electron chi connectivity index (χ0n) is 28.4. The van der Waals surface area contributed by atoms with E-state index in [0.717, 1.165) is 0 Å². The highest BCUT2D eigenvalue weighted by Crippen LogP contribution is 2.23. The molecule has 0 N–H and O–H groups in total. The number of hydrogen-bond acceptors (Lipinski definition) is 0. The van der Waals surface area contributed by atoms with Gasteiger partial charge in [-0.25, -0.2) is 0 Å². The molecule has 0 aliphatic rings. The maximum absolute atomic E-state index is 2.39. The van der Waals surface area contributed by atoms with Gasteiger partial charge in [-0.1, -0.05) is 180 Å². The predicted octanol–water partition coefficient (Wildman–Crippen LogP) is 10.2. The first kappa shape index (κ1) is 40.5. The van der Waals surface area contributed by atoms with Gasteiger partial charge >= 0.3 is 0 Å². The van der Waals surface area contributed by atoms with Crippen LogP contribution in [0.4, 0.5) is 0 Å². The first-order valence-electron chi connectivity index (χ1n) is 18.7. The topological polar surface area (TPSA) is 0 Å². The Bertz CT molecular complexity index is 597. The molecular weight excluding hydrogens is 518 g/mol. The number of benzene rings is 1. The van der Waals surface area contributed by atoms with E-state index in [1.54, 1.807) is 5.56 Å². The zero-order chi connectivity index (χ0) is 28.8. The van der Waals surface area contributed by atoms with E-state index in [9.17, 15) is 0 Å². The minimum absolute atomic E-state index is 0. The largest absolute Gasteiger partial charge is 1.00 e. The molecule has 0 radical (unpaired) electrons. The fraction of sp³-hybridized carbons (Fsp3) is 0.846. The molecule has 0 fully saturated rings. The van der Waals surface area contributed by atoms with E-state index >= 15 is 0 Å². The van der Waals surface area contributed by atoms with Crippen molar-refractivity contribution in [2.45, 2.75) is 194 Å². The molecule has 0 spiro atoms. The van der Waals surface area contributed by atoms with Crippen LogP contribution in [0.5, 0.6) is 0 Å². The summed E-state index contributed by atoms with van der Waals surface area (Å²) < 4.78 is 1.35. The summed E-state index contributed by atoms with van der Waals surface area (Å²) in [7, 11) is 0. The highest BCUT2D eigenvalue weighted by Gasteiger charge is 2.26. The molecule has 41 heavy (non-hydrogen) atoms. The number of unbranched alkanes of at least 4 members (excludes halogenated alkanes) is 23. The van der Waals surface area contributed by atoms with Crippen LogP contribution in [-0.4, -0.2) is 24.1 Å². The molecule has 1 aromatic carbocycles. The Morgan fingerprint density at radius 1 is 0.366 bits per heavy atom. The van der Waals surface area contributed by atoms with Gasteiger partial charge in [0, 0.05) is 5.56 Å². The first-order valence-corrected chi connectivity index (χ1v) is 18.7. The van der Waals surface area contributed by atoms with Gasteiger partial charge < -0.3 is 16.9 Å². The van der Waals surface area contributed by atoms with Crippen LogP contribution < -0.4 is 12.4 Å². The van der Waals surface area contributed by atoms with E-state index in [2.05, 4.69) is 51.1 Å². The van der Waals surface area contributed by atoms with Crippen molar-refractivity contribution in [1.82, 2.24) is 0 Å². The lowest BCUT2D eigenvalue weighted by Gasteiger charge is -2.39. The van der Waals surface area contributed by atoms with Gasteiger partial charge in [-0.3, -0.25) is 0 Å². The lowest BCUT2D eigenvalue weighted by atomic mass is 10.0. The lowest BCUT2D eigenvalue weighted by molar-refractivity contribution is -0.941. The summed E-state index contributed by atoms with van der Waals surface area (Å²) in [4.78, 5) is 0. The van der Waals surface area contributed by atoms with E-state index in [1.807, 2.05) is 0 Å². The molecule has 242 valence electrons. The van der Waals surface area contributed by atoms with E-state index in [-0.39, 0.29) is 12.4 Å². The molecule has 1 nitrogen and oxygen atoms in total. The van der Waals surface area contributed by atoms with Gasteiger partial charge in [-0.15, -0.1) is 0 Å². The van der Waals surface area contributed by atoms with Crippen molar-refractivity contribution < 1.29 is 16.9 Å². The molecule has 0 unspecified atom stereocenters. The van der Waals surface area contributed by atoms with E-state index in [1.165, 1.54) is 198 Å². The molecule has 0 saturated heterocycles. The second kappa shape index (κ2) is 30.9. The standard InChI is InChI=1S/C39H74N.ClH/c1-4-7-10-13-16-17-18-19-20-23-26-32-37-40(38-39-33-28-27-29-34-39,35-30-24-21-14-11-8-5-2)36-31-25-22-15-12-9-6-3;/h27-29,33-34H,4-26,30-32,35-38H2,1-3H3;1H/q+1;/p-1. The summed E-state index contributed by atoms with van der Waals surface area (Å²) in [6.07, 6.45) is 37.3. The number of hydrogen-bond donors (Lipinski definition) is 0. The van der Waals surface area contributed by atoms with Crippen LogP contribution in [0.1, 0.15) is 193 Å². The van der Waals surface area contributed by atoms with Crippen molar-refractivity contribution in [2.24, 2.45) is 0 Å². The normalized spacial score (nSPS) is 11.6. The Hall–Kier alpha value is -0.530. The molecule has 0 aliphatic heterocycles. The predicted molar refractivity (Wildman–Crippen MR) is 182 cm³/mol. The molecule has 0 aromatic heterocycles. The van der Waals surface area contributed by atoms with Crippen LogP contribution in [-0.2, 0) is 6.54 Å². The number of rotatable bonds is 31. The van der Waals surface area contributed by atoms with Crippen LogP contribution in [0.25, 0.3) is 0 Å². The van der Waals surface area contributed by atoms with Crippen molar-refractivity contribution >= 4 is 0 Å². The van der Waals surface area contributed by atoms with Gasteiger partial charge in [0.25, 0.3) is 0 Å². The molecule has 1 aromatic rings. The molecule has 0 saturated carbocycles. The maximum Gasteiger partial charge on any atom is 0.104 e. The number of quaternary nitrogens is 1. The van der Waals surface area contributed by atoms with Crippen LogP contribution >= 0.6 is 0 Å². The Morgan fingerprint density at radius 2 is 0.634 bits per heavy atom. The Balaban J connectivity index is 0.0000160. The Kier molecular flexibility index (Phi) is 30.5. The maximum atomic E-state index is 2.39. The number of halogens is 1. The fourth-order valence-electron chi connectivity index (χ4n) is 6.64. The first-order chi connectivity index (χ1) is 19.8. The molecule has 0 amide bonds. The van der Waals surface area contributed by atoms with Crippen molar-refractivity contribution in [3.05, 3.63) is 35.9 Å². The second-order valence-electron chi connectivity index (χ2n) is 13.3. The zero-order valence-corrected chi connectivity index (χ0v) is 29.2. The third-order valence-electron chi connectivity index (χ3n) is 9.32. The van der Waals surface area contributed by atoms with Crippen LogP contribution in [0, 0.1) is 0 Å². The van der Waals surface area contributed by atoms with Crippen LogP contribution in [0.3, 0.4) is 0 Å². The summed E-state index contributed by atoms with van der Waals surface area (Å²) in [6, 6.07) is 11.5. The highest BCUT2D eigenvalue weighted by molar-refractivity contribution is 5.13. The minimum Gasteiger partial charge on any atom is -1.00 e. The lowest BCUT2D eigenvalue weighted by Crippen LogP contribution is -3.00. The van der Waals surface area contributed by atoms with E-state index in [4.69, 9.17) is 0 Å². The van der Waals surface area contributed by atoms with Crippen molar-refractivity contribution in [2.75, 3.05) is 19.6 Å². The average molecular weight is 592 g/mol. The summed E-state index contributed by atoms with van der Waals surface area (Å²) in [5.74, 6) is 0. The van der Waals surface area contributed by atoms with Crippen molar-refractivity contribution in [3.63, 3.8) is 0 Å². The van der Waals surface area contributed by atoms with Gasteiger partial charge in [0.1, 0.15) is 6.54 Å². The van der Waals surface area contributed by atoms with Gasteiger partial charge in [0.05, 0.1) is 19.6 Å². The highest BCUT2D eigenvalue weighted by atomic mass is 35.5. The summed E-state index contributed by atoms with van der Waals surface area (Å²) in [5, 5.41) is 0. The number of nitrogens with zero attached hydrogens (tertiary/aromatic N) is 1. The van der Waals surface area contributed by atoms with Gasteiger partial charge in [0.2, 0.25) is 0 Å². The molecule has 0 atom stereocenters. The third kappa shape index (κ3) is 24.6. The van der Waals surface area contributed by atoms with Crippen LogP contribution in [0.15, 0.2) is 30.3 Å². The Morgan fingerprint density at radius 3 is 0.927 bits per heavy atom. The van der Waals surface area contributed by atoms with Gasteiger partial charge in [-0.05, 0) is 38.5 Å². The minimum atomic E-state index is 0. The second-order valence-corrected chi connectivity index (χ2v) is 13.3. The molecule has 1 rings (SSSR count). The van der Waals surface area contributed by atoms with Crippen LogP contribution in [0.2, 0.25) is 0 Å². The average Bonchev–Trinajstić information content (AvgIpc) is 2.97. The van der Waals surface area contributed by atoms with E-state index in [0.29, 0.717) is 0 Å². The molecule has 0 aliphatic carbocycles. The van der Waals surface area contributed by atoms with Gasteiger partial charge in [-0.2, -0.15) is 0 Å². The molecule has 0 bridgehead atoms. The Labute approximate surface area is 266 Å². The molecule has 2 heteroatoms. The third-order valence-corrected chi connectivity index (χ3v) is 9.32. The smallest absolute Gasteiger partial charge is 0.104 e.